The molecule has 2 atom stereocenters. The van der Waals surface area contributed by atoms with Gasteiger partial charge < -0.3 is 10.8 Å². The van der Waals surface area contributed by atoms with Crippen molar-refractivity contribution in [3.05, 3.63) is 26.4 Å². The van der Waals surface area contributed by atoms with Crippen molar-refractivity contribution < 1.29 is 5.11 Å². The Kier molecular flexibility index (Phi) is 5.96. The first kappa shape index (κ1) is 18.9. The highest BCUT2D eigenvalue weighted by molar-refractivity contribution is 6.02. The van der Waals surface area contributed by atoms with E-state index in [9.17, 15) is 14.7 Å². The van der Waals surface area contributed by atoms with Crippen molar-refractivity contribution in [1.82, 2.24) is 9.55 Å². The van der Waals surface area contributed by atoms with E-state index in [2.05, 4.69) is 4.98 Å². The number of nitrogens with one attached hydrogen (secondary N) is 1. The van der Waals surface area contributed by atoms with Gasteiger partial charge >= 0.3 is 5.69 Å². The Bertz CT molecular complexity index is 774. The monoisotopic (exact) mass is 362 g/mol. The fraction of sp³-hybridized carbons (Fsp3) is 0.737. The fourth-order valence-corrected chi connectivity index (χ4v) is 4.31. The molecule has 1 heterocycles. The smallest absolute Gasteiger partial charge is 0.331 e. The Morgan fingerprint density at radius 3 is 2.46 bits per heavy atom. The maximum atomic E-state index is 12.5. The molecule has 0 amide bonds. The van der Waals surface area contributed by atoms with Crippen LogP contribution >= 0.6 is 0 Å². The molecule has 4 N–H and O–H groups in total. The number of hydrogen-bond donors (Lipinski definition) is 3. The molecular formula is C19H30N4O3. The molecule has 7 heteroatoms. The van der Waals surface area contributed by atoms with Crippen LogP contribution in [0.25, 0.3) is 0 Å². The van der Waals surface area contributed by atoms with E-state index < -0.39 is 11.2 Å². The number of hydrogen-bond acceptors (Lipinski definition) is 5. The second kappa shape index (κ2) is 8.20. The van der Waals surface area contributed by atoms with Crippen molar-refractivity contribution in [3.8, 4) is 5.88 Å². The van der Waals surface area contributed by atoms with Gasteiger partial charge in [0.1, 0.15) is 5.56 Å². The first-order chi connectivity index (χ1) is 12.5. The number of rotatable bonds is 4. The molecule has 2 unspecified atom stereocenters. The molecule has 2 saturated carbocycles. The number of nitrogens with zero attached hydrogens (tertiary/aromatic N) is 2. The first-order valence-corrected chi connectivity index (χ1v) is 9.93. The van der Waals surface area contributed by atoms with Crippen LogP contribution in [-0.4, -0.2) is 32.5 Å². The van der Waals surface area contributed by atoms with E-state index >= 15 is 0 Å². The number of aromatic nitrogens is 2. The van der Waals surface area contributed by atoms with E-state index in [-0.39, 0.29) is 29.6 Å². The molecule has 0 saturated heterocycles. The first-order valence-electron chi connectivity index (χ1n) is 9.93. The van der Waals surface area contributed by atoms with E-state index in [1.807, 2.05) is 6.92 Å². The molecular weight excluding hydrogens is 332 g/mol. The zero-order valence-corrected chi connectivity index (χ0v) is 15.5. The van der Waals surface area contributed by atoms with Crippen LogP contribution in [-0.2, 0) is 0 Å². The summed E-state index contributed by atoms with van der Waals surface area (Å²) in [5.74, 6) is -0.240. The summed E-state index contributed by atoms with van der Waals surface area (Å²) in [6, 6.07) is -0.120. The Morgan fingerprint density at radius 2 is 1.81 bits per heavy atom. The van der Waals surface area contributed by atoms with E-state index in [4.69, 9.17) is 10.7 Å². The molecule has 26 heavy (non-hydrogen) atoms. The van der Waals surface area contributed by atoms with Crippen molar-refractivity contribution >= 4 is 5.71 Å². The quantitative estimate of drug-likeness (QED) is 0.713. The van der Waals surface area contributed by atoms with Crippen LogP contribution in [0.3, 0.4) is 0 Å². The topological polar surface area (TPSA) is 113 Å². The number of aromatic hydroxyl groups is 1. The molecule has 0 bridgehead atoms. The van der Waals surface area contributed by atoms with Crippen molar-refractivity contribution in [2.24, 2.45) is 10.7 Å². The third-order valence-corrected chi connectivity index (χ3v) is 5.78. The van der Waals surface area contributed by atoms with E-state index in [1.165, 1.54) is 4.57 Å². The van der Waals surface area contributed by atoms with E-state index in [1.54, 1.807) is 0 Å². The van der Waals surface area contributed by atoms with Crippen LogP contribution in [0, 0.1) is 0 Å². The molecule has 1 aromatic heterocycles. The van der Waals surface area contributed by atoms with Gasteiger partial charge in [0.25, 0.3) is 5.56 Å². The van der Waals surface area contributed by atoms with Crippen LogP contribution in [0.15, 0.2) is 14.6 Å². The number of nitrogens with two attached hydrogens (primary N) is 1. The summed E-state index contributed by atoms with van der Waals surface area (Å²) in [6.45, 7) is 1.90. The molecule has 2 aliphatic rings. The van der Waals surface area contributed by atoms with Gasteiger partial charge in [0.15, 0.2) is 0 Å². The van der Waals surface area contributed by atoms with Gasteiger partial charge in [-0.15, -0.1) is 0 Å². The second-order valence-electron chi connectivity index (χ2n) is 7.56. The van der Waals surface area contributed by atoms with Crippen LogP contribution in [0.1, 0.15) is 82.7 Å². The summed E-state index contributed by atoms with van der Waals surface area (Å²) in [4.78, 5) is 32.0. The van der Waals surface area contributed by atoms with Crippen molar-refractivity contribution in [3.63, 3.8) is 0 Å². The number of aromatic amines is 1. The zero-order chi connectivity index (χ0) is 18.7. The van der Waals surface area contributed by atoms with Crippen molar-refractivity contribution in [1.29, 1.82) is 0 Å². The van der Waals surface area contributed by atoms with Crippen LogP contribution in [0.2, 0.25) is 0 Å². The SMILES string of the molecule is CCC(=NC1CCCCC1N)c1c(O)n(C2CCCCC2)c(=O)[nH]c1=O. The maximum absolute atomic E-state index is 12.5. The Labute approximate surface area is 153 Å². The molecule has 0 radical (unpaired) electrons. The van der Waals surface area contributed by atoms with Gasteiger partial charge in [-0.25, -0.2) is 4.79 Å². The van der Waals surface area contributed by atoms with Gasteiger partial charge in [-0.2, -0.15) is 0 Å². The van der Waals surface area contributed by atoms with Gasteiger partial charge in [0.05, 0.1) is 11.8 Å². The summed E-state index contributed by atoms with van der Waals surface area (Å²) < 4.78 is 1.36. The Morgan fingerprint density at radius 1 is 1.15 bits per heavy atom. The van der Waals surface area contributed by atoms with Gasteiger partial charge in [0, 0.05) is 12.1 Å². The molecule has 144 valence electrons. The van der Waals surface area contributed by atoms with E-state index in [0.29, 0.717) is 12.1 Å². The lowest BCUT2D eigenvalue weighted by Gasteiger charge is -2.27. The lowest BCUT2D eigenvalue weighted by Crippen LogP contribution is -2.39. The molecule has 7 nitrogen and oxygen atoms in total. The molecule has 3 rings (SSSR count). The van der Waals surface area contributed by atoms with Gasteiger partial charge in [-0.05, 0) is 32.1 Å². The summed E-state index contributed by atoms with van der Waals surface area (Å²) in [7, 11) is 0. The third kappa shape index (κ3) is 3.77. The summed E-state index contributed by atoms with van der Waals surface area (Å²) in [5.41, 5.74) is 5.77. The van der Waals surface area contributed by atoms with Gasteiger partial charge in [0.2, 0.25) is 5.88 Å². The highest BCUT2D eigenvalue weighted by atomic mass is 16.3. The lowest BCUT2D eigenvalue weighted by molar-refractivity contribution is 0.298. The second-order valence-corrected chi connectivity index (χ2v) is 7.56. The normalized spacial score (nSPS) is 25.4. The minimum Gasteiger partial charge on any atom is -0.494 e. The molecule has 2 fully saturated rings. The summed E-state index contributed by atoms with van der Waals surface area (Å²) in [6.07, 6.45) is 9.37. The van der Waals surface area contributed by atoms with Crippen LogP contribution in [0.5, 0.6) is 5.88 Å². The van der Waals surface area contributed by atoms with Gasteiger partial charge in [-0.1, -0.05) is 39.0 Å². The third-order valence-electron chi connectivity index (χ3n) is 5.78. The molecule has 0 aromatic carbocycles. The summed E-state index contributed by atoms with van der Waals surface area (Å²) in [5, 5.41) is 10.8. The fourth-order valence-electron chi connectivity index (χ4n) is 4.31. The number of H-pyrrole nitrogens is 1. The Balaban J connectivity index is 2.04. The van der Waals surface area contributed by atoms with Crippen LogP contribution in [0.4, 0.5) is 0 Å². The minimum atomic E-state index is -0.565. The minimum absolute atomic E-state index is 0.0178. The lowest BCUT2D eigenvalue weighted by atomic mass is 9.91. The highest BCUT2D eigenvalue weighted by Crippen LogP contribution is 2.30. The van der Waals surface area contributed by atoms with Crippen molar-refractivity contribution in [2.45, 2.75) is 89.3 Å². The molecule has 0 aliphatic heterocycles. The zero-order valence-electron chi connectivity index (χ0n) is 15.5. The number of aliphatic imine (C=N–C) groups is 1. The van der Waals surface area contributed by atoms with Gasteiger partial charge in [-0.3, -0.25) is 19.3 Å². The predicted octanol–water partition coefficient (Wildman–Crippen LogP) is 2.22. The average Bonchev–Trinajstić information content (AvgIpc) is 2.63. The largest absolute Gasteiger partial charge is 0.494 e. The predicted molar refractivity (Wildman–Crippen MR) is 102 cm³/mol. The average molecular weight is 362 g/mol. The van der Waals surface area contributed by atoms with Crippen molar-refractivity contribution in [2.75, 3.05) is 0 Å². The highest BCUT2D eigenvalue weighted by Gasteiger charge is 2.27. The molecule has 0 spiro atoms. The molecule has 2 aliphatic carbocycles. The maximum Gasteiger partial charge on any atom is 0.331 e. The molecule has 1 aromatic rings. The standard InChI is InChI=1S/C19H30N4O3/c1-2-14(21-15-11-7-6-10-13(15)20)16-17(24)22-19(26)23(18(16)25)12-8-4-3-5-9-12/h12-13,15,25H,2-11,20H2,1H3,(H,22,24,26). The van der Waals surface area contributed by atoms with E-state index in [0.717, 1.165) is 57.8 Å². The Hall–Kier alpha value is -1.89. The van der Waals surface area contributed by atoms with Crippen LogP contribution < -0.4 is 17.0 Å². The summed E-state index contributed by atoms with van der Waals surface area (Å²) >= 11 is 0.